The quantitative estimate of drug-likeness (QED) is 0.289. The molecule has 0 atom stereocenters. The molecule has 6 heteroatoms. The van der Waals surface area contributed by atoms with Crippen molar-refractivity contribution < 1.29 is 13.2 Å². The number of para-hydroxylation sites is 1. The molecule has 198 valence electrons. The van der Waals surface area contributed by atoms with E-state index in [0.717, 1.165) is 44.4 Å². The van der Waals surface area contributed by atoms with Gasteiger partial charge in [-0.15, -0.1) is 0 Å². The van der Waals surface area contributed by atoms with Crippen LogP contribution in [-0.2, 0) is 29.4 Å². The summed E-state index contributed by atoms with van der Waals surface area (Å²) in [7, 11) is -1.78. The van der Waals surface area contributed by atoms with Gasteiger partial charge in [0.1, 0.15) is 5.75 Å². The molecule has 2 heterocycles. The SMILES string of the molecule is COc1cccc(Cn2c(C)c(C3CCN(S(=O)(=O)c4ccc5c(c4)CCCC5)CC3)c3ccccc32)c1. The van der Waals surface area contributed by atoms with Crippen LogP contribution in [0.25, 0.3) is 10.9 Å². The summed E-state index contributed by atoms with van der Waals surface area (Å²) in [6.07, 6.45) is 6.05. The van der Waals surface area contributed by atoms with Gasteiger partial charge in [0.25, 0.3) is 0 Å². The molecular weight excluding hydrogens is 492 g/mol. The van der Waals surface area contributed by atoms with Gasteiger partial charge in [0.2, 0.25) is 10.0 Å². The van der Waals surface area contributed by atoms with Crippen molar-refractivity contribution in [3.05, 3.63) is 94.7 Å². The minimum Gasteiger partial charge on any atom is -0.497 e. The molecule has 0 spiro atoms. The molecule has 38 heavy (non-hydrogen) atoms. The first-order valence-electron chi connectivity index (χ1n) is 13.8. The number of aromatic nitrogens is 1. The lowest BCUT2D eigenvalue weighted by molar-refractivity contribution is 0.319. The molecule has 4 aromatic rings. The van der Waals surface area contributed by atoms with Crippen LogP contribution in [0.4, 0.5) is 0 Å². The summed E-state index contributed by atoms with van der Waals surface area (Å²) < 4.78 is 36.7. The number of benzene rings is 3. The van der Waals surface area contributed by atoms with Gasteiger partial charge in [0, 0.05) is 36.2 Å². The van der Waals surface area contributed by atoms with Crippen molar-refractivity contribution in [2.75, 3.05) is 20.2 Å². The average molecular weight is 529 g/mol. The van der Waals surface area contributed by atoms with Gasteiger partial charge >= 0.3 is 0 Å². The van der Waals surface area contributed by atoms with Crippen LogP contribution in [0, 0.1) is 6.92 Å². The monoisotopic (exact) mass is 528 g/mol. The van der Waals surface area contributed by atoms with E-state index in [4.69, 9.17) is 4.74 Å². The molecular formula is C32H36N2O3S. The molecule has 1 fully saturated rings. The van der Waals surface area contributed by atoms with Gasteiger partial charge in [-0.1, -0.05) is 36.4 Å². The second-order valence-corrected chi connectivity index (χ2v) is 12.7. The Bertz CT molecular complexity index is 1580. The minimum absolute atomic E-state index is 0.335. The van der Waals surface area contributed by atoms with Crippen molar-refractivity contribution in [1.29, 1.82) is 0 Å². The Kier molecular flexibility index (Phi) is 6.79. The van der Waals surface area contributed by atoms with Crippen molar-refractivity contribution in [3.8, 4) is 5.75 Å². The minimum atomic E-state index is -3.48. The molecule has 1 aliphatic carbocycles. The number of piperidine rings is 1. The van der Waals surface area contributed by atoms with Crippen LogP contribution in [0.15, 0.2) is 71.6 Å². The van der Waals surface area contributed by atoms with Crippen LogP contribution < -0.4 is 4.74 Å². The molecule has 0 unspecified atom stereocenters. The maximum atomic E-state index is 13.6. The van der Waals surface area contributed by atoms with Crippen LogP contribution in [0.3, 0.4) is 0 Å². The first-order chi connectivity index (χ1) is 18.5. The highest BCUT2D eigenvalue weighted by Crippen LogP contribution is 2.39. The van der Waals surface area contributed by atoms with Crippen molar-refractivity contribution >= 4 is 20.9 Å². The van der Waals surface area contributed by atoms with Crippen LogP contribution in [0.1, 0.15) is 59.5 Å². The number of nitrogens with zero attached hydrogens (tertiary/aromatic N) is 2. The third-order valence-electron chi connectivity index (χ3n) is 8.57. The molecule has 0 amide bonds. The Morgan fingerprint density at radius 3 is 2.45 bits per heavy atom. The molecule has 5 nitrogen and oxygen atoms in total. The summed E-state index contributed by atoms with van der Waals surface area (Å²) in [4.78, 5) is 0.461. The van der Waals surface area contributed by atoms with Crippen molar-refractivity contribution in [2.24, 2.45) is 0 Å². The van der Waals surface area contributed by atoms with E-state index in [9.17, 15) is 8.42 Å². The van der Waals surface area contributed by atoms with E-state index in [1.54, 1.807) is 11.4 Å². The lowest BCUT2D eigenvalue weighted by atomic mass is 9.88. The number of hydrogen-bond donors (Lipinski definition) is 0. The maximum Gasteiger partial charge on any atom is 0.243 e. The fourth-order valence-electron chi connectivity index (χ4n) is 6.53. The van der Waals surface area contributed by atoms with E-state index >= 15 is 0 Å². The molecule has 2 aliphatic rings. The standard InChI is InChI=1S/C32H36N2O3S/c1-23-32(30-12-5-6-13-31(30)34(23)22-24-8-7-11-28(20-24)37-2)26-16-18-33(19-17-26)38(35,36)29-15-14-25-9-3-4-10-27(25)21-29/h5-8,11-15,20-21,26H,3-4,9-10,16-19,22H2,1-2H3. The first-order valence-corrected chi connectivity index (χ1v) is 15.2. The number of rotatable bonds is 6. The Morgan fingerprint density at radius 1 is 0.895 bits per heavy atom. The molecule has 3 aromatic carbocycles. The van der Waals surface area contributed by atoms with E-state index in [0.29, 0.717) is 23.9 Å². The molecule has 1 aromatic heterocycles. The summed E-state index contributed by atoms with van der Waals surface area (Å²) in [5.41, 5.74) is 7.60. The number of fused-ring (bicyclic) bond motifs is 2. The van der Waals surface area contributed by atoms with Crippen molar-refractivity contribution in [2.45, 2.75) is 62.8 Å². The fraction of sp³-hybridized carbons (Fsp3) is 0.375. The van der Waals surface area contributed by atoms with Gasteiger partial charge in [0.05, 0.1) is 12.0 Å². The van der Waals surface area contributed by atoms with E-state index in [1.807, 2.05) is 30.3 Å². The predicted octanol–water partition coefficient (Wildman–Crippen LogP) is 6.45. The second-order valence-electron chi connectivity index (χ2n) is 10.8. The molecule has 0 bridgehead atoms. The number of sulfonamides is 1. The van der Waals surface area contributed by atoms with Gasteiger partial charge in [0.15, 0.2) is 0 Å². The van der Waals surface area contributed by atoms with Crippen LogP contribution in [-0.4, -0.2) is 37.5 Å². The summed E-state index contributed by atoms with van der Waals surface area (Å²) in [5.74, 6) is 1.20. The highest BCUT2D eigenvalue weighted by atomic mass is 32.2. The zero-order chi connectivity index (χ0) is 26.3. The zero-order valence-electron chi connectivity index (χ0n) is 22.3. The van der Waals surface area contributed by atoms with Crippen LogP contribution in [0.2, 0.25) is 0 Å². The van der Waals surface area contributed by atoms with Gasteiger partial charge in [-0.2, -0.15) is 4.31 Å². The Hall–Kier alpha value is -3.09. The Balaban J connectivity index is 1.25. The largest absolute Gasteiger partial charge is 0.497 e. The third kappa shape index (κ3) is 4.54. The van der Waals surface area contributed by atoms with E-state index in [-0.39, 0.29) is 0 Å². The molecule has 1 aliphatic heterocycles. The van der Waals surface area contributed by atoms with Gasteiger partial charge in [-0.3, -0.25) is 0 Å². The molecule has 0 saturated carbocycles. The molecule has 1 saturated heterocycles. The van der Waals surface area contributed by atoms with E-state index in [2.05, 4.69) is 47.9 Å². The maximum absolute atomic E-state index is 13.6. The average Bonchev–Trinajstić information content (AvgIpc) is 3.23. The lowest BCUT2D eigenvalue weighted by Gasteiger charge is -2.32. The van der Waals surface area contributed by atoms with Crippen molar-refractivity contribution in [3.63, 3.8) is 0 Å². The topological polar surface area (TPSA) is 51.5 Å². The first kappa shape index (κ1) is 25.2. The highest BCUT2D eigenvalue weighted by molar-refractivity contribution is 7.89. The molecule has 6 rings (SSSR count). The third-order valence-corrected chi connectivity index (χ3v) is 10.5. The van der Waals surface area contributed by atoms with Gasteiger partial charge < -0.3 is 9.30 Å². The van der Waals surface area contributed by atoms with Crippen LogP contribution >= 0.6 is 0 Å². The van der Waals surface area contributed by atoms with Gasteiger partial charge in [-0.05, 0) is 104 Å². The second kappa shape index (κ2) is 10.2. The van der Waals surface area contributed by atoms with Crippen LogP contribution in [0.5, 0.6) is 5.75 Å². The Morgan fingerprint density at radius 2 is 1.66 bits per heavy atom. The fourth-order valence-corrected chi connectivity index (χ4v) is 8.06. The number of ether oxygens (including phenoxy) is 1. The van der Waals surface area contributed by atoms with Gasteiger partial charge in [-0.25, -0.2) is 8.42 Å². The number of aryl methyl sites for hydroxylation is 2. The lowest BCUT2D eigenvalue weighted by Crippen LogP contribution is -2.38. The summed E-state index contributed by atoms with van der Waals surface area (Å²) in [5, 5.41) is 1.28. The molecule has 0 radical (unpaired) electrons. The van der Waals surface area contributed by atoms with Crippen molar-refractivity contribution in [1.82, 2.24) is 8.87 Å². The normalized spacial score (nSPS) is 17.0. The summed E-state index contributed by atoms with van der Waals surface area (Å²) >= 11 is 0. The predicted molar refractivity (Wildman–Crippen MR) is 153 cm³/mol. The smallest absolute Gasteiger partial charge is 0.243 e. The molecule has 0 N–H and O–H groups in total. The highest BCUT2D eigenvalue weighted by Gasteiger charge is 2.32. The number of hydrogen-bond acceptors (Lipinski definition) is 3. The summed E-state index contributed by atoms with van der Waals surface area (Å²) in [6, 6.07) is 22.7. The summed E-state index contributed by atoms with van der Waals surface area (Å²) in [6.45, 7) is 4.10. The van der Waals surface area contributed by atoms with E-state index < -0.39 is 10.0 Å². The zero-order valence-corrected chi connectivity index (χ0v) is 23.1. The number of methoxy groups -OCH3 is 1. The van der Waals surface area contributed by atoms with E-state index in [1.165, 1.54) is 45.3 Å². The Labute approximate surface area is 226 Å².